The molecular weight excluding hydrogens is 220 g/mol. The second-order valence-corrected chi connectivity index (χ2v) is 5.13. The zero-order valence-corrected chi connectivity index (χ0v) is 10.8. The van der Waals surface area contributed by atoms with E-state index in [9.17, 15) is 9.90 Å². The third kappa shape index (κ3) is 5.89. The first-order valence-electron chi connectivity index (χ1n) is 6.34. The largest absolute Gasteiger partial charge is 0.388 e. The smallest absolute Gasteiger partial charge is 0.314 e. The first kappa shape index (κ1) is 14.3. The molecule has 0 saturated carbocycles. The molecular formula is C12H24N2O3. The van der Waals surface area contributed by atoms with Gasteiger partial charge in [0.05, 0.1) is 5.60 Å². The molecule has 1 heterocycles. The van der Waals surface area contributed by atoms with E-state index < -0.39 is 5.60 Å². The summed E-state index contributed by atoms with van der Waals surface area (Å²) < 4.78 is 5.17. The zero-order valence-electron chi connectivity index (χ0n) is 10.8. The average Bonchev–Trinajstić information content (AvgIpc) is 2.27. The van der Waals surface area contributed by atoms with Crippen molar-refractivity contribution in [2.24, 2.45) is 5.92 Å². The van der Waals surface area contributed by atoms with Crippen LogP contribution in [-0.4, -0.2) is 43.0 Å². The summed E-state index contributed by atoms with van der Waals surface area (Å²) >= 11 is 0. The Balaban J connectivity index is 2.14. The third-order valence-electron chi connectivity index (χ3n) is 3.01. The predicted octanol–water partition coefficient (Wildman–Crippen LogP) is 0.873. The molecule has 0 aromatic heterocycles. The van der Waals surface area contributed by atoms with Crippen molar-refractivity contribution in [3.8, 4) is 0 Å². The molecule has 3 N–H and O–H groups in total. The molecule has 17 heavy (non-hydrogen) atoms. The number of carbonyl (C=O) groups excluding carboxylic acids is 1. The van der Waals surface area contributed by atoms with Crippen molar-refractivity contribution in [2.45, 2.75) is 38.7 Å². The van der Waals surface area contributed by atoms with Gasteiger partial charge in [-0.15, -0.1) is 0 Å². The molecule has 1 aliphatic rings. The minimum atomic E-state index is -0.798. The lowest BCUT2D eigenvalue weighted by atomic mass is 9.94. The van der Waals surface area contributed by atoms with E-state index in [1.165, 1.54) is 0 Å². The number of nitrogens with one attached hydrogen (secondary N) is 2. The molecule has 0 unspecified atom stereocenters. The summed E-state index contributed by atoms with van der Waals surface area (Å²) in [6.07, 6.45) is 2.13. The Kier molecular flexibility index (Phi) is 5.71. The predicted molar refractivity (Wildman–Crippen MR) is 65.9 cm³/mol. The molecule has 0 aromatic rings. The highest BCUT2D eigenvalue weighted by molar-refractivity contribution is 5.73. The van der Waals surface area contributed by atoms with E-state index in [2.05, 4.69) is 24.5 Å². The fourth-order valence-corrected chi connectivity index (χ4v) is 1.71. The first-order valence-corrected chi connectivity index (χ1v) is 6.34. The van der Waals surface area contributed by atoms with Crippen molar-refractivity contribution in [3.63, 3.8) is 0 Å². The minimum absolute atomic E-state index is 0.203. The first-order chi connectivity index (χ1) is 8.02. The van der Waals surface area contributed by atoms with Crippen LogP contribution in [0.1, 0.15) is 33.1 Å². The number of hydrogen-bond donors (Lipinski definition) is 3. The van der Waals surface area contributed by atoms with Gasteiger partial charge in [-0.3, -0.25) is 0 Å². The highest BCUT2D eigenvalue weighted by Crippen LogP contribution is 2.18. The van der Waals surface area contributed by atoms with Gasteiger partial charge in [-0.25, -0.2) is 4.79 Å². The van der Waals surface area contributed by atoms with Crippen molar-refractivity contribution >= 4 is 6.03 Å². The van der Waals surface area contributed by atoms with E-state index in [0.29, 0.717) is 45.1 Å². The summed E-state index contributed by atoms with van der Waals surface area (Å²) in [5, 5.41) is 15.6. The van der Waals surface area contributed by atoms with Crippen molar-refractivity contribution in [1.82, 2.24) is 10.6 Å². The standard InChI is InChI=1S/C12H24N2O3/c1-10(2)3-6-13-11(15)14-9-12(16)4-7-17-8-5-12/h10,16H,3-9H2,1-2H3,(H2,13,14,15). The van der Waals surface area contributed by atoms with Gasteiger partial charge in [-0.05, 0) is 12.3 Å². The minimum Gasteiger partial charge on any atom is -0.388 e. The van der Waals surface area contributed by atoms with Crippen molar-refractivity contribution in [2.75, 3.05) is 26.3 Å². The number of rotatable bonds is 5. The lowest BCUT2D eigenvalue weighted by Gasteiger charge is -2.32. The highest BCUT2D eigenvalue weighted by Gasteiger charge is 2.29. The van der Waals surface area contributed by atoms with Crippen LogP contribution in [0.2, 0.25) is 0 Å². The van der Waals surface area contributed by atoms with Crippen LogP contribution in [0.25, 0.3) is 0 Å². The number of aliphatic hydroxyl groups is 1. The van der Waals surface area contributed by atoms with Crippen molar-refractivity contribution in [1.29, 1.82) is 0 Å². The zero-order chi connectivity index (χ0) is 12.7. The molecule has 1 fully saturated rings. The van der Waals surface area contributed by atoms with Crippen LogP contribution >= 0.6 is 0 Å². The molecule has 2 amide bonds. The van der Waals surface area contributed by atoms with Gasteiger partial charge in [0.2, 0.25) is 0 Å². The van der Waals surface area contributed by atoms with Crippen LogP contribution in [-0.2, 0) is 4.74 Å². The van der Waals surface area contributed by atoms with Crippen LogP contribution in [0.5, 0.6) is 0 Å². The summed E-state index contributed by atoms with van der Waals surface area (Å²) in [5.74, 6) is 0.579. The lowest BCUT2D eigenvalue weighted by molar-refractivity contribution is -0.0600. The molecule has 5 nitrogen and oxygen atoms in total. The van der Waals surface area contributed by atoms with Crippen LogP contribution in [0.4, 0.5) is 4.79 Å². The molecule has 0 aromatic carbocycles. The number of urea groups is 1. The van der Waals surface area contributed by atoms with Crippen LogP contribution < -0.4 is 10.6 Å². The van der Waals surface area contributed by atoms with Gasteiger partial charge >= 0.3 is 6.03 Å². The fraction of sp³-hybridized carbons (Fsp3) is 0.917. The Labute approximate surface area is 103 Å². The Hall–Kier alpha value is -0.810. The van der Waals surface area contributed by atoms with E-state index >= 15 is 0 Å². The lowest BCUT2D eigenvalue weighted by Crippen LogP contribution is -2.49. The van der Waals surface area contributed by atoms with Gasteiger partial charge in [-0.2, -0.15) is 0 Å². The van der Waals surface area contributed by atoms with Gasteiger partial charge in [0.15, 0.2) is 0 Å². The van der Waals surface area contributed by atoms with Crippen LogP contribution in [0, 0.1) is 5.92 Å². The summed E-state index contributed by atoms with van der Waals surface area (Å²) in [7, 11) is 0. The van der Waals surface area contributed by atoms with Crippen molar-refractivity contribution < 1.29 is 14.6 Å². The highest BCUT2D eigenvalue weighted by atomic mass is 16.5. The molecule has 1 rings (SSSR count). The van der Waals surface area contributed by atoms with E-state index in [1.807, 2.05) is 0 Å². The third-order valence-corrected chi connectivity index (χ3v) is 3.01. The molecule has 0 radical (unpaired) electrons. The maximum atomic E-state index is 11.4. The summed E-state index contributed by atoms with van der Waals surface area (Å²) in [6.45, 7) is 6.32. The van der Waals surface area contributed by atoms with E-state index in [1.54, 1.807) is 0 Å². The monoisotopic (exact) mass is 244 g/mol. The summed E-state index contributed by atoms with van der Waals surface area (Å²) in [6, 6.07) is -0.203. The maximum Gasteiger partial charge on any atom is 0.314 e. The van der Waals surface area contributed by atoms with Crippen LogP contribution in [0.15, 0.2) is 0 Å². The fourth-order valence-electron chi connectivity index (χ4n) is 1.71. The van der Waals surface area contributed by atoms with E-state index in [4.69, 9.17) is 4.74 Å². The second-order valence-electron chi connectivity index (χ2n) is 5.13. The van der Waals surface area contributed by atoms with Crippen molar-refractivity contribution in [3.05, 3.63) is 0 Å². The van der Waals surface area contributed by atoms with Crippen LogP contribution in [0.3, 0.4) is 0 Å². The Morgan fingerprint density at radius 3 is 2.59 bits per heavy atom. The SMILES string of the molecule is CC(C)CCNC(=O)NCC1(O)CCOCC1. The maximum absolute atomic E-state index is 11.4. The molecule has 100 valence electrons. The van der Waals surface area contributed by atoms with Gasteiger partial charge < -0.3 is 20.5 Å². The molecule has 0 atom stereocenters. The normalized spacial score (nSPS) is 19.1. The Bertz CT molecular complexity index is 238. The topological polar surface area (TPSA) is 70.6 Å². The quantitative estimate of drug-likeness (QED) is 0.672. The molecule has 1 aliphatic heterocycles. The summed E-state index contributed by atoms with van der Waals surface area (Å²) in [5.41, 5.74) is -0.798. The van der Waals surface area contributed by atoms with Gasteiger partial charge in [0, 0.05) is 39.1 Å². The number of hydrogen-bond acceptors (Lipinski definition) is 3. The molecule has 1 saturated heterocycles. The molecule has 5 heteroatoms. The molecule has 0 aliphatic carbocycles. The number of ether oxygens (including phenoxy) is 1. The molecule has 0 spiro atoms. The number of amides is 2. The Morgan fingerprint density at radius 2 is 2.00 bits per heavy atom. The van der Waals surface area contributed by atoms with Gasteiger partial charge in [0.1, 0.15) is 0 Å². The number of carbonyl (C=O) groups is 1. The van der Waals surface area contributed by atoms with Gasteiger partial charge in [-0.1, -0.05) is 13.8 Å². The molecule has 0 bridgehead atoms. The van der Waals surface area contributed by atoms with E-state index in [-0.39, 0.29) is 6.03 Å². The average molecular weight is 244 g/mol. The van der Waals surface area contributed by atoms with Gasteiger partial charge in [0.25, 0.3) is 0 Å². The Morgan fingerprint density at radius 1 is 1.35 bits per heavy atom. The summed E-state index contributed by atoms with van der Waals surface area (Å²) in [4.78, 5) is 11.4. The van der Waals surface area contributed by atoms with E-state index in [0.717, 1.165) is 6.42 Å². The second kappa shape index (κ2) is 6.81.